The molecule has 94 valence electrons. The zero-order chi connectivity index (χ0) is 12.2. The molecule has 1 heterocycles. The molecule has 0 atom stereocenters. The Kier molecular flexibility index (Phi) is 4.66. The SMILES string of the molecule is CCNCC(=O)N1CCN(S(N)(=O)=O)CC1. The molecule has 7 nitrogen and oxygen atoms in total. The molecule has 0 aromatic rings. The number of likely N-dealkylation sites (N-methyl/N-ethyl adjacent to an activating group) is 1. The van der Waals surface area contributed by atoms with Crippen LogP contribution in [0.25, 0.3) is 0 Å². The maximum atomic E-state index is 11.6. The van der Waals surface area contributed by atoms with Crippen LogP contribution in [0.15, 0.2) is 0 Å². The van der Waals surface area contributed by atoms with Crippen LogP contribution < -0.4 is 10.5 Å². The number of amides is 1. The molecule has 0 unspecified atom stereocenters. The van der Waals surface area contributed by atoms with Crippen molar-refractivity contribution in [2.45, 2.75) is 6.92 Å². The van der Waals surface area contributed by atoms with Gasteiger partial charge in [-0.1, -0.05) is 6.92 Å². The Bertz CT molecular complexity index is 335. The molecule has 16 heavy (non-hydrogen) atoms. The van der Waals surface area contributed by atoms with Crippen molar-refractivity contribution in [3.63, 3.8) is 0 Å². The van der Waals surface area contributed by atoms with Crippen molar-refractivity contribution in [2.75, 3.05) is 39.3 Å². The van der Waals surface area contributed by atoms with Crippen LogP contribution >= 0.6 is 0 Å². The van der Waals surface area contributed by atoms with Gasteiger partial charge in [0.25, 0.3) is 10.2 Å². The highest BCUT2D eigenvalue weighted by molar-refractivity contribution is 7.86. The molecular formula is C8H18N4O3S. The summed E-state index contributed by atoms with van der Waals surface area (Å²) >= 11 is 0. The van der Waals surface area contributed by atoms with Gasteiger partial charge in [0.2, 0.25) is 5.91 Å². The number of carbonyl (C=O) groups is 1. The average molecular weight is 250 g/mol. The normalized spacial score (nSPS) is 18.8. The summed E-state index contributed by atoms with van der Waals surface area (Å²) < 4.78 is 23.2. The van der Waals surface area contributed by atoms with Crippen molar-refractivity contribution in [1.82, 2.24) is 14.5 Å². The molecule has 3 N–H and O–H groups in total. The van der Waals surface area contributed by atoms with E-state index in [0.717, 1.165) is 6.54 Å². The van der Waals surface area contributed by atoms with E-state index >= 15 is 0 Å². The lowest BCUT2D eigenvalue weighted by Gasteiger charge is -2.32. The first-order valence-electron chi connectivity index (χ1n) is 5.21. The molecule has 1 saturated heterocycles. The minimum atomic E-state index is -3.61. The fourth-order valence-electron chi connectivity index (χ4n) is 1.54. The molecular weight excluding hydrogens is 232 g/mol. The number of carbonyl (C=O) groups excluding carboxylic acids is 1. The van der Waals surface area contributed by atoms with Gasteiger partial charge in [0, 0.05) is 26.2 Å². The standard InChI is InChI=1S/C8H18N4O3S/c1-2-10-7-8(13)11-3-5-12(6-4-11)16(9,14)15/h10H,2-7H2,1H3,(H2,9,14,15). The Labute approximate surface area is 95.8 Å². The largest absolute Gasteiger partial charge is 0.339 e. The van der Waals surface area contributed by atoms with Gasteiger partial charge in [0.05, 0.1) is 6.54 Å². The molecule has 0 aliphatic carbocycles. The fourth-order valence-corrected chi connectivity index (χ4v) is 2.21. The van der Waals surface area contributed by atoms with Gasteiger partial charge in [-0.15, -0.1) is 0 Å². The predicted molar refractivity (Wildman–Crippen MR) is 59.8 cm³/mol. The average Bonchev–Trinajstić information content (AvgIpc) is 2.25. The maximum absolute atomic E-state index is 11.6. The Morgan fingerprint density at radius 1 is 1.31 bits per heavy atom. The summed E-state index contributed by atoms with van der Waals surface area (Å²) in [6.45, 7) is 4.32. The topological polar surface area (TPSA) is 95.7 Å². The lowest BCUT2D eigenvalue weighted by molar-refractivity contribution is -0.131. The second kappa shape index (κ2) is 5.58. The van der Waals surface area contributed by atoms with Crippen LogP contribution in [0.2, 0.25) is 0 Å². The van der Waals surface area contributed by atoms with Crippen LogP contribution in [0.4, 0.5) is 0 Å². The Balaban J connectivity index is 2.40. The minimum Gasteiger partial charge on any atom is -0.339 e. The van der Waals surface area contributed by atoms with Gasteiger partial charge in [0.1, 0.15) is 0 Å². The third-order valence-electron chi connectivity index (χ3n) is 2.48. The Hall–Kier alpha value is -0.700. The Morgan fingerprint density at radius 2 is 1.88 bits per heavy atom. The fraction of sp³-hybridized carbons (Fsp3) is 0.875. The molecule has 0 spiro atoms. The first kappa shape index (κ1) is 13.4. The van der Waals surface area contributed by atoms with Gasteiger partial charge < -0.3 is 10.2 Å². The first-order chi connectivity index (χ1) is 7.45. The van der Waals surface area contributed by atoms with Gasteiger partial charge in [0.15, 0.2) is 0 Å². The molecule has 0 radical (unpaired) electrons. The van der Waals surface area contributed by atoms with Gasteiger partial charge in [-0.3, -0.25) is 4.79 Å². The highest BCUT2D eigenvalue weighted by atomic mass is 32.2. The van der Waals surface area contributed by atoms with Crippen molar-refractivity contribution < 1.29 is 13.2 Å². The van der Waals surface area contributed by atoms with Crippen LogP contribution in [-0.2, 0) is 15.0 Å². The van der Waals surface area contributed by atoms with Gasteiger partial charge in [-0.05, 0) is 6.54 Å². The maximum Gasteiger partial charge on any atom is 0.277 e. The summed E-state index contributed by atoms with van der Waals surface area (Å²) in [4.78, 5) is 13.2. The number of nitrogens with zero attached hydrogens (tertiary/aromatic N) is 2. The van der Waals surface area contributed by atoms with Crippen LogP contribution in [0.3, 0.4) is 0 Å². The molecule has 1 amide bonds. The van der Waals surface area contributed by atoms with Gasteiger partial charge in [-0.2, -0.15) is 12.7 Å². The van der Waals surface area contributed by atoms with Crippen molar-refractivity contribution in [3.8, 4) is 0 Å². The Morgan fingerprint density at radius 3 is 2.31 bits per heavy atom. The van der Waals surface area contributed by atoms with E-state index < -0.39 is 10.2 Å². The van der Waals surface area contributed by atoms with E-state index in [4.69, 9.17) is 5.14 Å². The smallest absolute Gasteiger partial charge is 0.277 e. The number of hydrogen-bond acceptors (Lipinski definition) is 4. The van der Waals surface area contributed by atoms with Crippen molar-refractivity contribution in [3.05, 3.63) is 0 Å². The number of rotatable bonds is 4. The molecule has 0 aromatic carbocycles. The highest BCUT2D eigenvalue weighted by Gasteiger charge is 2.25. The quantitative estimate of drug-likeness (QED) is 0.600. The summed E-state index contributed by atoms with van der Waals surface area (Å²) in [5, 5.41) is 7.93. The van der Waals surface area contributed by atoms with Crippen molar-refractivity contribution >= 4 is 16.1 Å². The summed E-state index contributed by atoms with van der Waals surface area (Å²) in [6, 6.07) is 0. The first-order valence-corrected chi connectivity index (χ1v) is 6.72. The third-order valence-corrected chi connectivity index (χ3v) is 3.56. The van der Waals surface area contributed by atoms with E-state index in [1.54, 1.807) is 4.90 Å². The summed E-state index contributed by atoms with van der Waals surface area (Å²) in [7, 11) is -3.61. The molecule has 1 aliphatic heterocycles. The molecule has 0 saturated carbocycles. The predicted octanol–water partition coefficient (Wildman–Crippen LogP) is -2.06. The molecule has 1 fully saturated rings. The number of nitrogens with two attached hydrogens (primary N) is 1. The van der Waals surface area contributed by atoms with Crippen LogP contribution in [0.1, 0.15) is 6.92 Å². The molecule has 0 aromatic heterocycles. The molecule has 1 aliphatic rings. The summed E-state index contributed by atoms with van der Waals surface area (Å²) in [5.41, 5.74) is 0. The lowest BCUT2D eigenvalue weighted by Crippen LogP contribution is -2.53. The van der Waals surface area contributed by atoms with Crippen molar-refractivity contribution in [1.29, 1.82) is 0 Å². The van der Waals surface area contributed by atoms with E-state index in [9.17, 15) is 13.2 Å². The van der Waals surface area contributed by atoms with Gasteiger partial charge in [-0.25, -0.2) is 5.14 Å². The minimum absolute atomic E-state index is 0.00378. The van der Waals surface area contributed by atoms with Crippen LogP contribution in [0, 0.1) is 0 Å². The van der Waals surface area contributed by atoms with Crippen LogP contribution in [0.5, 0.6) is 0 Å². The van der Waals surface area contributed by atoms with E-state index in [0.29, 0.717) is 19.6 Å². The lowest BCUT2D eigenvalue weighted by atomic mass is 10.3. The van der Waals surface area contributed by atoms with E-state index in [1.807, 2.05) is 6.92 Å². The second-order valence-electron chi connectivity index (χ2n) is 3.61. The number of hydrogen-bond donors (Lipinski definition) is 2. The zero-order valence-corrected chi connectivity index (χ0v) is 10.2. The van der Waals surface area contributed by atoms with E-state index in [2.05, 4.69) is 5.32 Å². The molecule has 8 heteroatoms. The highest BCUT2D eigenvalue weighted by Crippen LogP contribution is 2.04. The van der Waals surface area contributed by atoms with Gasteiger partial charge >= 0.3 is 0 Å². The van der Waals surface area contributed by atoms with E-state index in [1.165, 1.54) is 4.31 Å². The van der Waals surface area contributed by atoms with Crippen molar-refractivity contribution in [2.24, 2.45) is 5.14 Å². The third kappa shape index (κ3) is 3.71. The summed E-state index contributed by atoms with van der Waals surface area (Å²) in [5.74, 6) is -0.00378. The molecule has 1 rings (SSSR count). The molecule has 0 bridgehead atoms. The number of piperazine rings is 1. The second-order valence-corrected chi connectivity index (χ2v) is 5.15. The zero-order valence-electron chi connectivity index (χ0n) is 9.35. The van der Waals surface area contributed by atoms with E-state index in [-0.39, 0.29) is 19.0 Å². The monoisotopic (exact) mass is 250 g/mol. The number of nitrogens with one attached hydrogen (secondary N) is 1. The summed E-state index contributed by atoms with van der Waals surface area (Å²) in [6.07, 6.45) is 0. The van der Waals surface area contributed by atoms with Crippen LogP contribution in [-0.4, -0.2) is 62.8 Å².